The van der Waals surface area contributed by atoms with E-state index in [0.717, 1.165) is 44.9 Å². The summed E-state index contributed by atoms with van der Waals surface area (Å²) in [5, 5.41) is 11.0. The molecule has 5 aliphatic carbocycles. The average Bonchev–Trinajstić information content (AvgIpc) is 2.84. The third kappa shape index (κ3) is 3.72. The van der Waals surface area contributed by atoms with Crippen molar-refractivity contribution < 1.29 is 14.6 Å². The molecule has 0 aliphatic heterocycles. The summed E-state index contributed by atoms with van der Waals surface area (Å²) in [5.74, 6) is 2.66. The number of esters is 1. The summed E-state index contributed by atoms with van der Waals surface area (Å²) in [7, 11) is 0. The summed E-state index contributed by atoms with van der Waals surface area (Å²) in [6.45, 7) is 21.8. The zero-order valence-electron chi connectivity index (χ0n) is 26.0. The van der Waals surface area contributed by atoms with Gasteiger partial charge in [0.1, 0.15) is 6.61 Å². The summed E-state index contributed by atoms with van der Waals surface area (Å²) < 4.78 is 6.03. The number of aliphatic hydroxyl groups is 1. The predicted octanol–water partition coefficient (Wildman–Crippen LogP) is 8.51. The van der Waals surface area contributed by atoms with Gasteiger partial charge in [0.2, 0.25) is 0 Å². The van der Waals surface area contributed by atoms with Gasteiger partial charge in [0.05, 0.1) is 11.5 Å². The Kier molecular flexibility index (Phi) is 6.90. The highest BCUT2D eigenvalue weighted by Gasteiger charge is 2.69. The van der Waals surface area contributed by atoms with Crippen LogP contribution in [0.1, 0.15) is 120 Å². The van der Waals surface area contributed by atoms with Crippen LogP contribution in [-0.2, 0) is 9.53 Å². The van der Waals surface area contributed by atoms with E-state index in [4.69, 9.17) is 4.74 Å². The van der Waals surface area contributed by atoms with Crippen molar-refractivity contribution >= 4 is 5.97 Å². The van der Waals surface area contributed by atoms with Crippen LogP contribution in [0.4, 0.5) is 0 Å². The highest BCUT2D eigenvalue weighted by atomic mass is 16.5. The molecular weight excluding hydrogens is 468 g/mol. The Bertz CT molecular complexity index is 1020. The van der Waals surface area contributed by atoms with E-state index in [-0.39, 0.29) is 45.1 Å². The van der Waals surface area contributed by atoms with Crippen molar-refractivity contribution in [1.29, 1.82) is 0 Å². The Morgan fingerprint density at radius 1 is 0.974 bits per heavy atom. The molecule has 5 aliphatic rings. The number of fused-ring (bicyclic) bond motifs is 7. The van der Waals surface area contributed by atoms with Gasteiger partial charge in [-0.05, 0) is 129 Å². The first-order valence-electron chi connectivity index (χ1n) is 15.8. The van der Waals surface area contributed by atoms with Crippen molar-refractivity contribution in [1.82, 2.24) is 0 Å². The fourth-order valence-electron chi connectivity index (χ4n) is 11.3. The molecule has 0 aromatic rings. The lowest BCUT2D eigenvalue weighted by Gasteiger charge is -2.71. The Morgan fingerprint density at radius 2 is 1.68 bits per heavy atom. The molecule has 0 aromatic carbocycles. The van der Waals surface area contributed by atoms with Crippen LogP contribution in [0.2, 0.25) is 0 Å². The second-order valence-electron chi connectivity index (χ2n) is 16.1. The van der Waals surface area contributed by atoms with E-state index in [1.54, 1.807) is 5.57 Å². The van der Waals surface area contributed by atoms with Crippen LogP contribution in [0.3, 0.4) is 0 Å². The second kappa shape index (κ2) is 9.22. The SMILES string of the molecule is CC(C)=CCOC(=O)[C@]12CC[C@@H](C)[C@H](C)C1C1=CCC3[C@@]4(C)CC[C@H](O)C(C)(C)C4CC[C@@]3(C)[C@]1(C)CC2. The van der Waals surface area contributed by atoms with Crippen LogP contribution in [0.25, 0.3) is 0 Å². The van der Waals surface area contributed by atoms with Gasteiger partial charge in [0.25, 0.3) is 0 Å². The van der Waals surface area contributed by atoms with Crippen molar-refractivity contribution in [3.63, 3.8) is 0 Å². The molecular formula is C35H56O3. The van der Waals surface area contributed by atoms with E-state index >= 15 is 0 Å². The first-order valence-corrected chi connectivity index (χ1v) is 15.8. The highest BCUT2D eigenvalue weighted by molar-refractivity contribution is 5.79. The van der Waals surface area contributed by atoms with Crippen molar-refractivity contribution in [3.05, 3.63) is 23.3 Å². The van der Waals surface area contributed by atoms with E-state index in [1.165, 1.54) is 18.4 Å². The standard InChI is InChI=1S/C35H56O3/c1-22(2)15-21-38-30(37)35-18-12-23(3)24(4)29(35)25-10-11-27-32(7)16-14-28(36)31(5,6)26(32)13-17-34(27,9)33(25,8)19-20-35/h10,15,23-24,26-29,36H,11-14,16-21H2,1-9H3/t23-,24+,26?,27?,28+,29?,32+,33-,34-,35+/m1/s1. The summed E-state index contributed by atoms with van der Waals surface area (Å²) in [5.41, 5.74) is 3.01. The fraction of sp³-hybridized carbons (Fsp3) is 0.857. The molecule has 3 nitrogen and oxygen atoms in total. The van der Waals surface area contributed by atoms with E-state index in [0.29, 0.717) is 30.3 Å². The molecule has 0 bridgehead atoms. The Labute approximate surface area is 233 Å². The molecule has 10 atom stereocenters. The van der Waals surface area contributed by atoms with Gasteiger partial charge in [-0.1, -0.05) is 65.7 Å². The Hall–Kier alpha value is -1.09. The van der Waals surface area contributed by atoms with Gasteiger partial charge >= 0.3 is 5.97 Å². The Morgan fingerprint density at radius 3 is 2.37 bits per heavy atom. The molecule has 0 heterocycles. The number of carbonyl (C=O) groups is 1. The molecule has 214 valence electrons. The predicted molar refractivity (Wildman–Crippen MR) is 155 cm³/mol. The first-order chi connectivity index (χ1) is 17.6. The average molecular weight is 525 g/mol. The maximum absolute atomic E-state index is 14.0. The van der Waals surface area contributed by atoms with Gasteiger partial charge in [-0.25, -0.2) is 0 Å². The van der Waals surface area contributed by atoms with Crippen molar-refractivity contribution in [3.8, 4) is 0 Å². The van der Waals surface area contributed by atoms with Crippen molar-refractivity contribution in [2.45, 2.75) is 126 Å². The number of hydrogen-bond donors (Lipinski definition) is 1. The lowest BCUT2D eigenvalue weighted by molar-refractivity contribution is -0.207. The molecule has 0 amide bonds. The number of carbonyl (C=O) groups excluding carboxylic acids is 1. The minimum atomic E-state index is -0.367. The number of allylic oxidation sites excluding steroid dienone is 3. The minimum absolute atomic E-state index is 0.0245. The van der Waals surface area contributed by atoms with Crippen LogP contribution in [-0.4, -0.2) is 23.8 Å². The molecule has 4 saturated carbocycles. The Balaban J connectivity index is 1.55. The van der Waals surface area contributed by atoms with Crippen LogP contribution in [0.15, 0.2) is 23.3 Å². The summed E-state index contributed by atoms with van der Waals surface area (Å²) in [6, 6.07) is 0. The van der Waals surface area contributed by atoms with E-state index < -0.39 is 0 Å². The lowest BCUT2D eigenvalue weighted by atomic mass is 9.33. The van der Waals surface area contributed by atoms with Gasteiger partial charge < -0.3 is 9.84 Å². The quantitative estimate of drug-likeness (QED) is 0.297. The minimum Gasteiger partial charge on any atom is -0.461 e. The van der Waals surface area contributed by atoms with E-state index in [2.05, 4.69) is 68.4 Å². The van der Waals surface area contributed by atoms with E-state index in [9.17, 15) is 9.90 Å². The second-order valence-corrected chi connectivity index (χ2v) is 16.1. The number of rotatable bonds is 3. The van der Waals surface area contributed by atoms with Gasteiger partial charge in [-0.2, -0.15) is 0 Å². The molecule has 3 heteroatoms. The number of ether oxygens (including phenoxy) is 1. The molecule has 1 N–H and O–H groups in total. The molecule has 0 radical (unpaired) electrons. The number of hydrogen-bond acceptors (Lipinski definition) is 3. The molecule has 0 saturated heterocycles. The zero-order valence-corrected chi connectivity index (χ0v) is 26.0. The summed E-state index contributed by atoms with van der Waals surface area (Å²) >= 11 is 0. The topological polar surface area (TPSA) is 46.5 Å². The van der Waals surface area contributed by atoms with Crippen LogP contribution in [0, 0.1) is 56.7 Å². The maximum Gasteiger partial charge on any atom is 0.313 e. The molecule has 4 fully saturated rings. The normalized spacial score (nSPS) is 49.4. The fourth-order valence-corrected chi connectivity index (χ4v) is 11.3. The lowest BCUT2D eigenvalue weighted by Crippen LogP contribution is -2.65. The van der Waals surface area contributed by atoms with Gasteiger partial charge in [0, 0.05) is 0 Å². The van der Waals surface area contributed by atoms with Gasteiger partial charge in [-0.3, -0.25) is 4.79 Å². The number of aliphatic hydroxyl groups excluding tert-OH is 1. The smallest absolute Gasteiger partial charge is 0.313 e. The van der Waals surface area contributed by atoms with Crippen LogP contribution < -0.4 is 0 Å². The molecule has 0 spiro atoms. The summed E-state index contributed by atoms with van der Waals surface area (Å²) in [6.07, 6.45) is 14.3. The first kappa shape index (κ1) is 28.4. The molecule has 5 rings (SSSR count). The van der Waals surface area contributed by atoms with E-state index in [1.807, 2.05) is 6.08 Å². The van der Waals surface area contributed by atoms with Crippen LogP contribution in [0.5, 0.6) is 0 Å². The maximum atomic E-state index is 14.0. The third-order valence-electron chi connectivity index (χ3n) is 14.1. The van der Waals surface area contributed by atoms with Crippen molar-refractivity contribution in [2.75, 3.05) is 6.61 Å². The zero-order chi connectivity index (χ0) is 27.9. The molecule has 0 aromatic heterocycles. The third-order valence-corrected chi connectivity index (χ3v) is 14.1. The van der Waals surface area contributed by atoms with Crippen LogP contribution >= 0.6 is 0 Å². The van der Waals surface area contributed by atoms with Gasteiger partial charge in [0.15, 0.2) is 0 Å². The molecule has 38 heavy (non-hydrogen) atoms. The van der Waals surface area contributed by atoms with Crippen molar-refractivity contribution in [2.24, 2.45) is 56.7 Å². The monoisotopic (exact) mass is 524 g/mol. The largest absolute Gasteiger partial charge is 0.461 e. The molecule has 3 unspecified atom stereocenters. The van der Waals surface area contributed by atoms with Gasteiger partial charge in [-0.15, -0.1) is 0 Å². The summed E-state index contributed by atoms with van der Waals surface area (Å²) in [4.78, 5) is 14.0. The highest BCUT2D eigenvalue weighted by Crippen LogP contribution is 2.75.